The highest BCUT2D eigenvalue weighted by Crippen LogP contribution is 2.19. The molecule has 0 aromatic carbocycles. The molecule has 1 aliphatic heterocycles. The molecule has 0 saturated carbocycles. The molecule has 0 N–H and O–H groups in total. The molecule has 3 heterocycles. The van der Waals surface area contributed by atoms with E-state index in [9.17, 15) is 9.59 Å². The summed E-state index contributed by atoms with van der Waals surface area (Å²) < 4.78 is 3.23. The van der Waals surface area contributed by atoms with Gasteiger partial charge in [0, 0.05) is 31.9 Å². The quantitative estimate of drug-likeness (QED) is 0.823. The fourth-order valence-corrected chi connectivity index (χ4v) is 2.98. The van der Waals surface area contributed by atoms with Crippen LogP contribution in [0.3, 0.4) is 0 Å². The van der Waals surface area contributed by atoms with E-state index in [4.69, 9.17) is 0 Å². The standard InChI is InChI=1S/C16H21N5O2/c1-10(2)14-7-12(18-20(14)4)16(23)21-6-5-11-13(8-21)17-9-19(3)15(11)22/h7,9-10H,5-6,8H2,1-4H3. The minimum absolute atomic E-state index is 0.0259. The molecular weight excluding hydrogens is 294 g/mol. The molecule has 0 aliphatic carbocycles. The highest BCUT2D eigenvalue weighted by molar-refractivity contribution is 5.92. The van der Waals surface area contributed by atoms with Crippen molar-refractivity contribution in [2.24, 2.45) is 14.1 Å². The number of aromatic nitrogens is 4. The molecule has 1 aliphatic rings. The van der Waals surface area contributed by atoms with E-state index in [0.717, 1.165) is 5.69 Å². The summed E-state index contributed by atoms with van der Waals surface area (Å²) >= 11 is 0. The van der Waals surface area contributed by atoms with Gasteiger partial charge in [-0.25, -0.2) is 4.98 Å². The molecule has 0 bridgehead atoms. The third-order valence-corrected chi connectivity index (χ3v) is 4.30. The van der Waals surface area contributed by atoms with Gasteiger partial charge in [-0.15, -0.1) is 0 Å². The van der Waals surface area contributed by atoms with Gasteiger partial charge >= 0.3 is 0 Å². The lowest BCUT2D eigenvalue weighted by atomic mass is 10.1. The van der Waals surface area contributed by atoms with Gasteiger partial charge in [-0.2, -0.15) is 5.10 Å². The van der Waals surface area contributed by atoms with Gasteiger partial charge in [-0.05, 0) is 18.4 Å². The molecular formula is C16H21N5O2. The summed E-state index contributed by atoms with van der Waals surface area (Å²) in [4.78, 5) is 30.8. The minimum Gasteiger partial charge on any atom is -0.331 e. The molecule has 7 nitrogen and oxygen atoms in total. The summed E-state index contributed by atoms with van der Waals surface area (Å²) in [6.45, 7) is 5.02. The van der Waals surface area contributed by atoms with E-state index in [1.54, 1.807) is 16.6 Å². The van der Waals surface area contributed by atoms with Crippen LogP contribution in [-0.2, 0) is 27.1 Å². The average molecular weight is 315 g/mol. The van der Waals surface area contributed by atoms with Crippen molar-refractivity contribution in [2.45, 2.75) is 32.7 Å². The first-order valence-corrected chi connectivity index (χ1v) is 7.75. The third-order valence-electron chi connectivity index (χ3n) is 4.30. The molecule has 0 radical (unpaired) electrons. The summed E-state index contributed by atoms with van der Waals surface area (Å²) in [6, 6.07) is 1.85. The van der Waals surface area contributed by atoms with Gasteiger partial charge in [-0.1, -0.05) is 13.8 Å². The van der Waals surface area contributed by atoms with Crippen molar-refractivity contribution in [1.82, 2.24) is 24.2 Å². The Morgan fingerprint density at radius 2 is 2.04 bits per heavy atom. The first-order valence-electron chi connectivity index (χ1n) is 7.75. The van der Waals surface area contributed by atoms with E-state index in [1.165, 1.54) is 10.9 Å². The number of carbonyl (C=O) groups is 1. The fraction of sp³-hybridized carbons (Fsp3) is 0.500. The van der Waals surface area contributed by atoms with Crippen LogP contribution >= 0.6 is 0 Å². The Kier molecular flexibility index (Phi) is 3.79. The highest BCUT2D eigenvalue weighted by Gasteiger charge is 2.26. The van der Waals surface area contributed by atoms with Crippen LogP contribution in [0.15, 0.2) is 17.2 Å². The van der Waals surface area contributed by atoms with E-state index < -0.39 is 0 Å². The van der Waals surface area contributed by atoms with Gasteiger partial charge in [0.15, 0.2) is 5.69 Å². The fourth-order valence-electron chi connectivity index (χ4n) is 2.98. The zero-order chi connectivity index (χ0) is 16.7. The van der Waals surface area contributed by atoms with E-state index in [2.05, 4.69) is 23.9 Å². The van der Waals surface area contributed by atoms with Crippen LogP contribution in [0, 0.1) is 0 Å². The van der Waals surface area contributed by atoms with Gasteiger partial charge in [-0.3, -0.25) is 14.3 Å². The molecule has 23 heavy (non-hydrogen) atoms. The summed E-state index contributed by atoms with van der Waals surface area (Å²) in [7, 11) is 3.54. The van der Waals surface area contributed by atoms with Gasteiger partial charge in [0.1, 0.15) is 0 Å². The second-order valence-electron chi connectivity index (χ2n) is 6.30. The second-order valence-corrected chi connectivity index (χ2v) is 6.30. The number of fused-ring (bicyclic) bond motifs is 1. The molecule has 3 rings (SSSR count). The molecule has 0 fully saturated rings. The summed E-state index contributed by atoms with van der Waals surface area (Å²) in [5, 5.41) is 4.33. The summed E-state index contributed by atoms with van der Waals surface area (Å²) in [6.07, 6.45) is 2.04. The van der Waals surface area contributed by atoms with E-state index in [1.807, 2.05) is 13.1 Å². The van der Waals surface area contributed by atoms with Crippen molar-refractivity contribution >= 4 is 5.91 Å². The lowest BCUT2D eigenvalue weighted by Gasteiger charge is -2.27. The average Bonchev–Trinajstić information content (AvgIpc) is 2.92. The van der Waals surface area contributed by atoms with Crippen LogP contribution in [0.4, 0.5) is 0 Å². The number of hydrogen-bond donors (Lipinski definition) is 0. The van der Waals surface area contributed by atoms with E-state index in [0.29, 0.717) is 42.4 Å². The summed E-state index contributed by atoms with van der Waals surface area (Å²) in [5.41, 5.74) is 2.85. The van der Waals surface area contributed by atoms with Crippen molar-refractivity contribution in [3.63, 3.8) is 0 Å². The lowest BCUT2D eigenvalue weighted by Crippen LogP contribution is -2.40. The minimum atomic E-state index is -0.111. The first kappa shape index (κ1) is 15.5. The lowest BCUT2D eigenvalue weighted by molar-refractivity contribution is 0.0724. The van der Waals surface area contributed by atoms with Crippen molar-refractivity contribution in [3.05, 3.63) is 45.4 Å². The van der Waals surface area contributed by atoms with Crippen LogP contribution in [0.1, 0.15) is 47.2 Å². The Hall–Kier alpha value is -2.44. The number of aryl methyl sites for hydroxylation is 2. The van der Waals surface area contributed by atoms with E-state index in [-0.39, 0.29) is 11.5 Å². The molecule has 0 unspecified atom stereocenters. The Labute approximate surface area is 134 Å². The van der Waals surface area contributed by atoms with E-state index >= 15 is 0 Å². The molecule has 0 spiro atoms. The zero-order valence-electron chi connectivity index (χ0n) is 13.9. The topological polar surface area (TPSA) is 73.0 Å². The smallest absolute Gasteiger partial charge is 0.274 e. The van der Waals surface area contributed by atoms with Gasteiger partial charge in [0.2, 0.25) is 0 Å². The molecule has 0 saturated heterocycles. The Balaban J connectivity index is 1.86. The zero-order valence-corrected chi connectivity index (χ0v) is 13.9. The monoisotopic (exact) mass is 315 g/mol. The third kappa shape index (κ3) is 2.67. The van der Waals surface area contributed by atoms with Crippen LogP contribution in [0.5, 0.6) is 0 Å². The normalized spacial score (nSPS) is 14.2. The van der Waals surface area contributed by atoms with Crippen molar-refractivity contribution < 1.29 is 4.79 Å². The first-order chi connectivity index (χ1) is 10.9. The maximum Gasteiger partial charge on any atom is 0.274 e. The predicted octanol–water partition coefficient (Wildman–Crippen LogP) is 0.836. The maximum atomic E-state index is 12.7. The second kappa shape index (κ2) is 5.64. The van der Waals surface area contributed by atoms with Gasteiger partial charge in [0.05, 0.1) is 18.6 Å². The molecule has 2 aromatic heterocycles. The molecule has 122 valence electrons. The van der Waals surface area contributed by atoms with Gasteiger partial charge in [0.25, 0.3) is 11.5 Å². The SMILES string of the molecule is CC(C)c1cc(C(=O)N2CCc3c(ncn(C)c3=O)C2)nn1C. The van der Waals surface area contributed by atoms with Gasteiger partial charge < -0.3 is 9.47 Å². The van der Waals surface area contributed by atoms with Crippen LogP contribution in [0.25, 0.3) is 0 Å². The van der Waals surface area contributed by atoms with Crippen LogP contribution < -0.4 is 5.56 Å². The molecule has 0 atom stereocenters. The number of hydrogen-bond acceptors (Lipinski definition) is 4. The Bertz CT molecular complexity index is 818. The van der Waals surface area contributed by atoms with Crippen molar-refractivity contribution in [3.8, 4) is 0 Å². The van der Waals surface area contributed by atoms with Crippen molar-refractivity contribution in [1.29, 1.82) is 0 Å². The van der Waals surface area contributed by atoms with Crippen LogP contribution in [0.2, 0.25) is 0 Å². The van der Waals surface area contributed by atoms with Crippen LogP contribution in [-0.4, -0.2) is 36.7 Å². The van der Waals surface area contributed by atoms with Crippen molar-refractivity contribution in [2.75, 3.05) is 6.54 Å². The predicted molar refractivity (Wildman–Crippen MR) is 85.2 cm³/mol. The summed E-state index contributed by atoms with van der Waals surface area (Å²) in [5.74, 6) is 0.196. The number of nitrogens with zero attached hydrogens (tertiary/aromatic N) is 5. The molecule has 7 heteroatoms. The Morgan fingerprint density at radius 3 is 2.70 bits per heavy atom. The largest absolute Gasteiger partial charge is 0.331 e. The number of rotatable bonds is 2. The molecule has 2 aromatic rings. The Morgan fingerprint density at radius 1 is 1.30 bits per heavy atom. The molecule has 1 amide bonds. The number of carbonyl (C=O) groups excluding carboxylic acids is 1. The number of amides is 1. The highest BCUT2D eigenvalue weighted by atomic mass is 16.2. The maximum absolute atomic E-state index is 12.7.